The van der Waals surface area contributed by atoms with Crippen molar-refractivity contribution in [2.45, 2.75) is 19.4 Å². The zero-order valence-corrected chi connectivity index (χ0v) is 17.7. The first-order valence-electron chi connectivity index (χ1n) is 9.51. The molecule has 1 aliphatic heterocycles. The first-order valence-corrected chi connectivity index (χ1v) is 9.51. The number of piperazine rings is 1. The third-order valence-electron chi connectivity index (χ3n) is 5.46. The lowest BCUT2D eigenvalue weighted by atomic mass is 10.0. The van der Waals surface area contributed by atoms with E-state index in [-0.39, 0.29) is 42.4 Å². The van der Waals surface area contributed by atoms with Gasteiger partial charge >= 0.3 is 0 Å². The molecule has 2 N–H and O–H groups in total. The Labute approximate surface area is 179 Å². The summed E-state index contributed by atoms with van der Waals surface area (Å²) >= 11 is 0. The number of halogens is 2. The van der Waals surface area contributed by atoms with Gasteiger partial charge in [0.15, 0.2) is 5.78 Å². The summed E-state index contributed by atoms with van der Waals surface area (Å²) in [6.07, 6.45) is 0.590. The zero-order valence-electron chi connectivity index (χ0n) is 16.2. The van der Waals surface area contributed by atoms with Crippen LogP contribution in [0.2, 0.25) is 0 Å². The minimum Gasteiger partial charge on any atom is -1.00 e. The van der Waals surface area contributed by atoms with Crippen LogP contribution in [0.25, 0.3) is 0 Å². The number of rotatable bonds is 7. The van der Waals surface area contributed by atoms with Crippen LogP contribution in [0.1, 0.15) is 34.1 Å². The molecule has 28 heavy (non-hydrogen) atoms. The highest BCUT2D eigenvalue weighted by molar-refractivity contribution is 5.98. The Hall–Kier alpha value is -1.72. The molecule has 152 valence electrons. The molecule has 0 saturated carbocycles. The maximum Gasteiger partial charge on any atom is 0.219 e. The molecule has 3 rings (SSSR count). The number of Topliss-reactive ketones (excluding diaryl/α,β-unsaturated/α-hetero) is 2. The van der Waals surface area contributed by atoms with Gasteiger partial charge in [0.2, 0.25) is 5.78 Å². The fourth-order valence-electron chi connectivity index (χ4n) is 3.70. The summed E-state index contributed by atoms with van der Waals surface area (Å²) in [6, 6.07) is 19.1. The van der Waals surface area contributed by atoms with Gasteiger partial charge in [-0.05, 0) is 6.92 Å². The predicted octanol–water partition coefficient (Wildman–Crippen LogP) is -5.68. The molecule has 2 aromatic rings. The van der Waals surface area contributed by atoms with Crippen molar-refractivity contribution in [2.24, 2.45) is 0 Å². The molecule has 0 aliphatic carbocycles. The summed E-state index contributed by atoms with van der Waals surface area (Å²) in [7, 11) is 0. The third kappa shape index (κ3) is 6.42. The lowest BCUT2D eigenvalue weighted by molar-refractivity contribution is -1.02. The molecule has 0 radical (unpaired) electrons. The number of carbonyl (C=O) groups is 2. The Balaban J connectivity index is 0.00000196. The van der Waals surface area contributed by atoms with Crippen molar-refractivity contribution in [1.29, 1.82) is 0 Å². The van der Waals surface area contributed by atoms with Crippen molar-refractivity contribution in [3.05, 3.63) is 71.8 Å². The maximum absolute atomic E-state index is 12.6. The number of hydrogen-bond acceptors (Lipinski definition) is 2. The quantitative estimate of drug-likeness (QED) is 0.437. The van der Waals surface area contributed by atoms with Crippen molar-refractivity contribution >= 4 is 11.6 Å². The van der Waals surface area contributed by atoms with E-state index in [0.717, 1.165) is 43.9 Å². The highest BCUT2D eigenvalue weighted by atomic mass is 35.5. The van der Waals surface area contributed by atoms with Crippen LogP contribution in [0.4, 0.5) is 0 Å². The van der Waals surface area contributed by atoms with Gasteiger partial charge in [0, 0.05) is 11.1 Å². The Bertz CT molecular complexity index is 733. The van der Waals surface area contributed by atoms with Crippen LogP contribution in [-0.4, -0.2) is 50.3 Å². The molecule has 2 aromatic carbocycles. The number of ketones is 2. The molecular formula is C22H28Cl2N2O2. The summed E-state index contributed by atoms with van der Waals surface area (Å²) < 4.78 is 0. The summed E-state index contributed by atoms with van der Waals surface area (Å²) in [5.74, 6) is 0.448. The fraction of sp³-hybridized carbons (Fsp3) is 0.364. The molecule has 6 heteroatoms. The monoisotopic (exact) mass is 422 g/mol. The largest absolute Gasteiger partial charge is 1.00 e. The molecule has 4 nitrogen and oxygen atoms in total. The Kier molecular flexibility index (Phi) is 10.4. The Morgan fingerprint density at radius 3 is 1.86 bits per heavy atom. The molecule has 1 fully saturated rings. The van der Waals surface area contributed by atoms with Crippen molar-refractivity contribution in [1.82, 2.24) is 0 Å². The second-order valence-electron chi connectivity index (χ2n) is 7.15. The summed E-state index contributed by atoms with van der Waals surface area (Å²) in [5.41, 5.74) is 1.61. The van der Waals surface area contributed by atoms with Gasteiger partial charge in [-0.1, -0.05) is 60.7 Å². The molecule has 1 heterocycles. The standard InChI is InChI=1S/C22H26N2O2.2ClH/c1-18(22(26)20-10-6-3-7-11-20)24-16-14-23(15-17-24)13-12-21(25)19-8-4-2-5-9-19;;/h2-11,18H,12-17H2,1H3;2*1H. The minimum absolute atomic E-state index is 0. The van der Waals surface area contributed by atoms with Crippen LogP contribution in [0.15, 0.2) is 60.7 Å². The van der Waals surface area contributed by atoms with E-state index in [0.29, 0.717) is 6.42 Å². The van der Waals surface area contributed by atoms with Gasteiger partial charge in [-0.3, -0.25) is 9.59 Å². The van der Waals surface area contributed by atoms with Crippen LogP contribution >= 0.6 is 0 Å². The number of quaternary nitrogens is 2. The van der Waals surface area contributed by atoms with Crippen LogP contribution in [0.5, 0.6) is 0 Å². The number of hydrogen-bond donors (Lipinski definition) is 2. The van der Waals surface area contributed by atoms with Gasteiger partial charge in [0.1, 0.15) is 32.2 Å². The molecule has 0 bridgehead atoms. The average Bonchev–Trinajstić information content (AvgIpc) is 2.72. The van der Waals surface area contributed by atoms with E-state index in [9.17, 15) is 9.59 Å². The van der Waals surface area contributed by atoms with Gasteiger partial charge in [-0.25, -0.2) is 0 Å². The van der Waals surface area contributed by atoms with Gasteiger partial charge in [0.05, 0.1) is 13.0 Å². The van der Waals surface area contributed by atoms with Crippen molar-refractivity contribution in [3.8, 4) is 0 Å². The first kappa shape index (κ1) is 24.3. The van der Waals surface area contributed by atoms with Crippen LogP contribution in [0.3, 0.4) is 0 Å². The maximum atomic E-state index is 12.6. The second-order valence-corrected chi connectivity index (χ2v) is 7.15. The highest BCUT2D eigenvalue weighted by Crippen LogP contribution is 2.02. The van der Waals surface area contributed by atoms with E-state index >= 15 is 0 Å². The van der Waals surface area contributed by atoms with Crippen LogP contribution < -0.4 is 34.6 Å². The summed E-state index contributed by atoms with van der Waals surface area (Å²) in [6.45, 7) is 6.91. The topological polar surface area (TPSA) is 43.0 Å². The minimum atomic E-state index is -0.00935. The first-order chi connectivity index (χ1) is 12.6. The van der Waals surface area contributed by atoms with Crippen molar-refractivity contribution in [2.75, 3.05) is 32.7 Å². The summed E-state index contributed by atoms with van der Waals surface area (Å²) in [5, 5.41) is 0. The molecular weight excluding hydrogens is 395 g/mol. The number of benzene rings is 2. The smallest absolute Gasteiger partial charge is 0.219 e. The van der Waals surface area contributed by atoms with Gasteiger partial charge in [0.25, 0.3) is 0 Å². The van der Waals surface area contributed by atoms with Crippen LogP contribution in [-0.2, 0) is 0 Å². The second kappa shape index (κ2) is 12.0. The lowest BCUT2D eigenvalue weighted by Crippen LogP contribution is -3.29. The fourth-order valence-corrected chi connectivity index (χ4v) is 3.70. The molecule has 0 spiro atoms. The zero-order chi connectivity index (χ0) is 18.4. The average molecular weight is 423 g/mol. The normalized spacial score (nSPS) is 19.6. The molecule has 0 amide bonds. The molecule has 0 aromatic heterocycles. The molecule has 1 unspecified atom stereocenters. The Morgan fingerprint density at radius 1 is 0.821 bits per heavy atom. The van der Waals surface area contributed by atoms with E-state index in [1.54, 1.807) is 0 Å². The van der Waals surface area contributed by atoms with E-state index in [1.807, 2.05) is 67.6 Å². The summed E-state index contributed by atoms with van der Waals surface area (Å²) in [4.78, 5) is 27.7. The SMILES string of the molecule is CC(C(=O)c1ccccc1)[NH+]1CC[NH+](CCC(=O)c2ccccc2)CC1.[Cl-].[Cl-]. The third-order valence-corrected chi connectivity index (χ3v) is 5.46. The van der Waals surface area contributed by atoms with Gasteiger partial charge in [-0.15, -0.1) is 0 Å². The van der Waals surface area contributed by atoms with Crippen molar-refractivity contribution in [3.63, 3.8) is 0 Å². The predicted molar refractivity (Wildman–Crippen MR) is 102 cm³/mol. The molecule has 1 atom stereocenters. The van der Waals surface area contributed by atoms with Crippen molar-refractivity contribution < 1.29 is 44.2 Å². The van der Waals surface area contributed by atoms with E-state index < -0.39 is 0 Å². The molecule has 1 saturated heterocycles. The van der Waals surface area contributed by atoms with E-state index in [2.05, 4.69) is 0 Å². The van der Waals surface area contributed by atoms with Crippen LogP contribution in [0, 0.1) is 0 Å². The van der Waals surface area contributed by atoms with E-state index in [4.69, 9.17) is 0 Å². The number of nitrogens with one attached hydrogen (secondary N) is 2. The lowest BCUT2D eigenvalue weighted by Gasteiger charge is -2.32. The van der Waals surface area contributed by atoms with Gasteiger partial charge < -0.3 is 34.6 Å². The van der Waals surface area contributed by atoms with Gasteiger partial charge in [-0.2, -0.15) is 0 Å². The van der Waals surface area contributed by atoms with E-state index in [1.165, 1.54) is 9.80 Å². The number of carbonyl (C=O) groups excluding carboxylic acids is 2. The molecule has 1 aliphatic rings. The Morgan fingerprint density at radius 2 is 1.32 bits per heavy atom. The highest BCUT2D eigenvalue weighted by Gasteiger charge is 2.31.